The highest BCUT2D eigenvalue weighted by atomic mass is 28.2. The summed E-state index contributed by atoms with van der Waals surface area (Å²) < 4.78 is 4.25. The molecular weight excluding hydrogens is 96.1 g/mol. The zero-order chi connectivity index (χ0) is 4.28. The fourth-order valence-corrected chi connectivity index (χ4v) is 0. The zero-order valence-corrected chi connectivity index (χ0v) is 5.32. The van der Waals surface area contributed by atoms with Crippen LogP contribution >= 0.6 is 0 Å². The predicted molar refractivity (Wildman–Crippen MR) is 28.4 cm³/mol. The number of rotatable bonds is 0. The molecule has 0 aliphatic carbocycles. The van der Waals surface area contributed by atoms with E-state index < -0.39 is 0 Å². The van der Waals surface area contributed by atoms with Gasteiger partial charge in [0.2, 0.25) is 10.5 Å². The number of carbonyl (C=O) groups is 1. The van der Waals surface area contributed by atoms with Crippen LogP contribution in [0.15, 0.2) is 0 Å². The van der Waals surface area contributed by atoms with Gasteiger partial charge in [-0.25, -0.2) is 0 Å². The van der Waals surface area contributed by atoms with Crippen molar-refractivity contribution in [2.45, 2.75) is 14.4 Å². The summed E-state index contributed by atoms with van der Waals surface area (Å²) in [7, 11) is 0.524. The molecule has 0 radical (unpaired) electrons. The topological polar surface area (TPSA) is 26.3 Å². The van der Waals surface area contributed by atoms with E-state index in [4.69, 9.17) is 0 Å². The molecule has 0 fully saturated rings. The second-order valence-electron chi connectivity index (χ2n) is 0.696. The Hall–Kier alpha value is -0.313. The quantitative estimate of drug-likeness (QED) is 0.388. The highest BCUT2D eigenvalue weighted by molar-refractivity contribution is 6.04. The van der Waals surface area contributed by atoms with Gasteiger partial charge < -0.3 is 4.43 Å². The molecule has 0 heterocycles. The van der Waals surface area contributed by atoms with Crippen LogP contribution in [-0.2, 0) is 9.22 Å². The highest BCUT2D eigenvalue weighted by Gasteiger charge is 1.74. The molecule has 2 nitrogen and oxygen atoms in total. The van der Waals surface area contributed by atoms with Crippen molar-refractivity contribution in [2.24, 2.45) is 0 Å². The zero-order valence-electron chi connectivity index (χ0n) is 3.32. The van der Waals surface area contributed by atoms with E-state index in [1.807, 2.05) is 0 Å². The van der Waals surface area contributed by atoms with Gasteiger partial charge >= 0.3 is 0 Å². The van der Waals surface area contributed by atoms with E-state index >= 15 is 0 Å². The summed E-state index contributed by atoms with van der Waals surface area (Å²) in [5.41, 5.74) is 0. The SMILES string of the molecule is C.CC(=O)O[SiH3]. The smallest absolute Gasteiger partial charge is 0.288 e. The van der Waals surface area contributed by atoms with Gasteiger partial charge in [-0.2, -0.15) is 0 Å². The molecule has 0 aliphatic heterocycles. The normalized spacial score (nSPS) is 6.17. The molecule has 0 saturated heterocycles. The van der Waals surface area contributed by atoms with E-state index in [0.29, 0.717) is 10.5 Å². The lowest BCUT2D eigenvalue weighted by Crippen LogP contribution is -1.90. The summed E-state index contributed by atoms with van der Waals surface area (Å²) in [4.78, 5) is 9.62. The van der Waals surface area contributed by atoms with Crippen LogP contribution in [0.2, 0.25) is 0 Å². The Morgan fingerprint density at radius 1 is 1.83 bits per heavy atom. The van der Waals surface area contributed by atoms with Crippen LogP contribution in [0.5, 0.6) is 0 Å². The Labute approximate surface area is 41.0 Å². The second-order valence-corrected chi connectivity index (χ2v) is 1.10. The summed E-state index contributed by atoms with van der Waals surface area (Å²) in [6.45, 7) is 1.40. The molecule has 6 heavy (non-hydrogen) atoms. The van der Waals surface area contributed by atoms with Gasteiger partial charge in [0.25, 0.3) is 5.97 Å². The van der Waals surface area contributed by atoms with Crippen molar-refractivity contribution < 1.29 is 9.22 Å². The van der Waals surface area contributed by atoms with E-state index in [1.165, 1.54) is 6.92 Å². The number of carbonyl (C=O) groups excluding carboxylic acids is 1. The van der Waals surface area contributed by atoms with E-state index in [2.05, 4.69) is 4.43 Å². The minimum absolute atomic E-state index is 0. The molecule has 0 spiro atoms. The third-order valence-electron chi connectivity index (χ3n) is 0.287. The van der Waals surface area contributed by atoms with E-state index in [-0.39, 0.29) is 13.4 Å². The van der Waals surface area contributed by atoms with Gasteiger partial charge in [0.05, 0.1) is 0 Å². The Bertz CT molecular complexity index is 44.1. The van der Waals surface area contributed by atoms with E-state index in [1.54, 1.807) is 0 Å². The minimum Gasteiger partial charge on any atom is -0.529 e. The highest BCUT2D eigenvalue weighted by Crippen LogP contribution is 1.58. The lowest BCUT2D eigenvalue weighted by Gasteiger charge is -1.82. The summed E-state index contributed by atoms with van der Waals surface area (Å²) in [6, 6.07) is 0. The molecule has 0 aromatic rings. The Morgan fingerprint density at radius 2 is 2.00 bits per heavy atom. The number of hydrogen-bond acceptors (Lipinski definition) is 2. The molecule has 0 saturated carbocycles. The van der Waals surface area contributed by atoms with Gasteiger partial charge in [-0.05, 0) is 0 Å². The van der Waals surface area contributed by atoms with Crippen molar-refractivity contribution >= 4 is 16.5 Å². The minimum atomic E-state index is -0.184. The first kappa shape index (κ1) is 9.19. The molecule has 0 aromatic carbocycles. The fraction of sp³-hybridized carbons (Fsp3) is 0.667. The summed E-state index contributed by atoms with van der Waals surface area (Å²) in [6.07, 6.45) is 0. The van der Waals surface area contributed by atoms with Gasteiger partial charge in [-0.15, -0.1) is 0 Å². The molecule has 0 amide bonds. The van der Waals surface area contributed by atoms with Gasteiger partial charge in [-0.1, -0.05) is 7.43 Å². The van der Waals surface area contributed by atoms with Gasteiger partial charge in [0.1, 0.15) is 0 Å². The van der Waals surface area contributed by atoms with Crippen LogP contribution in [0.1, 0.15) is 14.4 Å². The molecular formula is C3H10O2Si. The maximum atomic E-state index is 9.62. The van der Waals surface area contributed by atoms with Crippen LogP contribution < -0.4 is 0 Å². The summed E-state index contributed by atoms with van der Waals surface area (Å²) >= 11 is 0. The van der Waals surface area contributed by atoms with Crippen molar-refractivity contribution in [3.63, 3.8) is 0 Å². The molecule has 0 N–H and O–H groups in total. The maximum absolute atomic E-state index is 9.62. The largest absolute Gasteiger partial charge is 0.529 e. The standard InChI is InChI=1S/C2H6O2Si.CH4/c1-2(3)4-5;/h1,5H3;1H4. The summed E-state index contributed by atoms with van der Waals surface area (Å²) in [5.74, 6) is -0.184. The molecule has 0 aromatic heterocycles. The van der Waals surface area contributed by atoms with Crippen molar-refractivity contribution in [1.29, 1.82) is 0 Å². The molecule has 0 bridgehead atoms. The lowest BCUT2D eigenvalue weighted by molar-refractivity contribution is -0.131. The monoisotopic (exact) mass is 106 g/mol. The molecule has 0 atom stereocenters. The van der Waals surface area contributed by atoms with Crippen molar-refractivity contribution in [2.75, 3.05) is 0 Å². The number of hydrogen-bond donors (Lipinski definition) is 0. The van der Waals surface area contributed by atoms with Crippen molar-refractivity contribution in [1.82, 2.24) is 0 Å². The van der Waals surface area contributed by atoms with E-state index in [9.17, 15) is 4.79 Å². The van der Waals surface area contributed by atoms with Crippen LogP contribution in [-0.4, -0.2) is 16.5 Å². The van der Waals surface area contributed by atoms with Crippen molar-refractivity contribution in [3.05, 3.63) is 0 Å². The predicted octanol–water partition coefficient (Wildman–Crippen LogP) is -0.534. The molecule has 0 aliphatic rings. The third-order valence-corrected chi connectivity index (χ3v) is 0.862. The van der Waals surface area contributed by atoms with Gasteiger partial charge in [-0.3, -0.25) is 4.79 Å². The molecule has 38 valence electrons. The van der Waals surface area contributed by atoms with Crippen molar-refractivity contribution in [3.8, 4) is 0 Å². The maximum Gasteiger partial charge on any atom is 0.288 e. The fourth-order valence-electron chi connectivity index (χ4n) is 0. The first-order valence-corrected chi connectivity index (χ1v) is 2.13. The Morgan fingerprint density at radius 3 is 2.00 bits per heavy atom. The van der Waals surface area contributed by atoms with E-state index in [0.717, 1.165) is 0 Å². The van der Waals surface area contributed by atoms with Crippen LogP contribution in [0.25, 0.3) is 0 Å². The Kier molecular flexibility index (Phi) is 7.18. The van der Waals surface area contributed by atoms with Gasteiger partial charge in [0.15, 0.2) is 0 Å². The van der Waals surface area contributed by atoms with Crippen LogP contribution in [0, 0.1) is 0 Å². The van der Waals surface area contributed by atoms with Crippen LogP contribution in [0.3, 0.4) is 0 Å². The molecule has 3 heteroatoms. The summed E-state index contributed by atoms with van der Waals surface area (Å²) in [5, 5.41) is 0. The third kappa shape index (κ3) is 9.35. The van der Waals surface area contributed by atoms with Crippen LogP contribution in [0.4, 0.5) is 0 Å². The first-order chi connectivity index (χ1) is 2.27. The average molecular weight is 106 g/mol. The van der Waals surface area contributed by atoms with Gasteiger partial charge in [0, 0.05) is 6.92 Å². The molecule has 0 rings (SSSR count). The lowest BCUT2D eigenvalue weighted by atomic mass is 10.9. The average Bonchev–Trinajstić information content (AvgIpc) is 1.38. The molecule has 0 unspecified atom stereocenters. The second kappa shape index (κ2) is 4.69. The first-order valence-electron chi connectivity index (χ1n) is 1.32. The Balaban J connectivity index is 0.